The third kappa shape index (κ3) is 3.63. The molecule has 0 aromatic carbocycles. The van der Waals surface area contributed by atoms with Crippen molar-refractivity contribution in [3.63, 3.8) is 0 Å². The molecule has 0 saturated carbocycles. The molecule has 2 heterocycles. The summed E-state index contributed by atoms with van der Waals surface area (Å²) in [6.45, 7) is 2.02. The number of nitrogens with one attached hydrogen (secondary N) is 1. The highest BCUT2D eigenvalue weighted by atomic mass is 35.5. The molecule has 2 unspecified atom stereocenters. The lowest BCUT2D eigenvalue weighted by Crippen LogP contribution is -2.19. The van der Waals surface area contributed by atoms with E-state index in [0.29, 0.717) is 11.6 Å². The minimum atomic E-state index is -0.141. The smallest absolute Gasteiger partial charge is 0.156 e. The highest BCUT2D eigenvalue weighted by Gasteiger charge is 2.08. The van der Waals surface area contributed by atoms with Gasteiger partial charge in [-0.25, -0.2) is 15.0 Å². The van der Waals surface area contributed by atoms with Crippen molar-refractivity contribution in [2.24, 2.45) is 9.98 Å². The molecule has 94 valence electrons. The van der Waals surface area contributed by atoms with E-state index in [1.807, 2.05) is 25.3 Å². The van der Waals surface area contributed by atoms with Crippen LogP contribution in [0.1, 0.15) is 13.3 Å². The highest BCUT2D eigenvalue weighted by Crippen LogP contribution is 2.14. The molecule has 0 bridgehead atoms. The second-order valence-corrected chi connectivity index (χ2v) is 4.20. The molecule has 0 radical (unpaired) electrons. The van der Waals surface area contributed by atoms with Gasteiger partial charge in [0.15, 0.2) is 5.82 Å². The van der Waals surface area contributed by atoms with Gasteiger partial charge in [0.2, 0.25) is 0 Å². The van der Waals surface area contributed by atoms with E-state index in [9.17, 15) is 0 Å². The molecule has 0 saturated heterocycles. The van der Waals surface area contributed by atoms with Crippen molar-refractivity contribution in [3.05, 3.63) is 24.5 Å². The lowest BCUT2D eigenvalue weighted by molar-refractivity contribution is 0.913. The monoisotopic (exact) mass is 263 g/mol. The summed E-state index contributed by atoms with van der Waals surface area (Å²) in [5.74, 6) is 1.32. The summed E-state index contributed by atoms with van der Waals surface area (Å²) in [6.07, 6.45) is 9.49. The number of alkyl halides is 1. The molecule has 0 fully saturated rings. The molecule has 2 atom stereocenters. The molecule has 0 amide bonds. The van der Waals surface area contributed by atoms with Crippen molar-refractivity contribution < 1.29 is 0 Å². The van der Waals surface area contributed by atoms with Crippen LogP contribution < -0.4 is 5.32 Å². The van der Waals surface area contributed by atoms with Gasteiger partial charge in [-0.1, -0.05) is 13.0 Å². The van der Waals surface area contributed by atoms with Gasteiger partial charge in [0.05, 0.1) is 5.38 Å². The highest BCUT2D eigenvalue weighted by molar-refractivity contribution is 6.29. The zero-order valence-electron chi connectivity index (χ0n) is 9.99. The maximum Gasteiger partial charge on any atom is 0.156 e. The third-order valence-corrected chi connectivity index (χ3v) is 2.48. The molecular formula is C12H14ClN5. The van der Waals surface area contributed by atoms with Crippen LogP contribution in [-0.4, -0.2) is 33.9 Å². The van der Waals surface area contributed by atoms with E-state index in [-0.39, 0.29) is 11.5 Å². The normalized spacial score (nSPS) is 22.6. The fourth-order valence-electron chi connectivity index (χ4n) is 1.40. The Bertz CT molecular complexity index is 469. The zero-order chi connectivity index (χ0) is 12.8. The molecular weight excluding hydrogens is 250 g/mol. The Morgan fingerprint density at radius 1 is 1.44 bits per heavy atom. The van der Waals surface area contributed by atoms with E-state index in [4.69, 9.17) is 11.6 Å². The largest absolute Gasteiger partial charge is 0.345 e. The summed E-state index contributed by atoms with van der Waals surface area (Å²) in [6, 6.07) is 1.78. The number of aliphatic imine (C=N–C) groups is 2. The van der Waals surface area contributed by atoms with Crippen LogP contribution in [0.15, 0.2) is 34.5 Å². The van der Waals surface area contributed by atoms with Crippen LogP contribution in [0.3, 0.4) is 0 Å². The van der Waals surface area contributed by atoms with Crippen molar-refractivity contribution in [1.29, 1.82) is 0 Å². The minimum Gasteiger partial charge on any atom is -0.345 e. The van der Waals surface area contributed by atoms with Gasteiger partial charge in [-0.05, 0) is 12.5 Å². The number of hydrogen-bond acceptors (Lipinski definition) is 5. The van der Waals surface area contributed by atoms with Crippen molar-refractivity contribution >= 4 is 35.7 Å². The SMILES string of the molecule is CCC=Nc1cc(NC2C=CC(Cl)C=N2)ncn1. The number of hydrogen-bond donors (Lipinski definition) is 1. The molecule has 2 rings (SSSR count). The molecule has 5 nitrogen and oxygen atoms in total. The molecule has 6 heteroatoms. The molecule has 1 N–H and O–H groups in total. The fourth-order valence-corrected chi connectivity index (χ4v) is 1.55. The number of dihydropyridines is 1. The van der Waals surface area contributed by atoms with E-state index in [0.717, 1.165) is 6.42 Å². The number of nitrogens with zero attached hydrogens (tertiary/aromatic N) is 4. The molecule has 1 aromatic rings. The predicted octanol–water partition coefficient (Wildman–Crippen LogP) is 2.57. The van der Waals surface area contributed by atoms with Crippen LogP contribution in [0.2, 0.25) is 0 Å². The first-order valence-corrected chi connectivity index (χ1v) is 6.18. The average molecular weight is 264 g/mol. The molecule has 18 heavy (non-hydrogen) atoms. The van der Waals surface area contributed by atoms with E-state index in [1.54, 1.807) is 12.3 Å². The Balaban J connectivity index is 2.03. The molecule has 1 aromatic heterocycles. The van der Waals surface area contributed by atoms with E-state index in [1.165, 1.54) is 6.33 Å². The summed E-state index contributed by atoms with van der Waals surface area (Å²) in [7, 11) is 0. The standard InChI is InChI=1S/C12H14ClN5/c1-2-5-14-11-6-12(17-8-16-11)18-10-4-3-9(13)7-15-10/h3-10H,2H2,1H3,(H,16,17,18). The lowest BCUT2D eigenvalue weighted by Gasteiger charge is -2.14. The van der Waals surface area contributed by atoms with Gasteiger partial charge in [0.1, 0.15) is 18.3 Å². The quantitative estimate of drug-likeness (QED) is 0.516. The van der Waals surface area contributed by atoms with Gasteiger partial charge in [0, 0.05) is 18.5 Å². The maximum atomic E-state index is 5.86. The summed E-state index contributed by atoms with van der Waals surface area (Å²) in [5, 5.41) is 3.02. The predicted molar refractivity (Wildman–Crippen MR) is 75.2 cm³/mol. The van der Waals surface area contributed by atoms with Crippen molar-refractivity contribution in [1.82, 2.24) is 9.97 Å². The van der Waals surface area contributed by atoms with Crippen LogP contribution in [0.25, 0.3) is 0 Å². The first kappa shape index (κ1) is 12.7. The van der Waals surface area contributed by atoms with Crippen LogP contribution in [-0.2, 0) is 0 Å². The second kappa shape index (κ2) is 6.26. The molecule has 1 aliphatic rings. The Morgan fingerprint density at radius 2 is 2.33 bits per heavy atom. The summed E-state index contributed by atoms with van der Waals surface area (Å²) >= 11 is 5.86. The van der Waals surface area contributed by atoms with Crippen LogP contribution in [0.4, 0.5) is 11.6 Å². The lowest BCUT2D eigenvalue weighted by atomic mass is 10.3. The van der Waals surface area contributed by atoms with Crippen LogP contribution in [0, 0.1) is 0 Å². The summed E-state index contributed by atoms with van der Waals surface area (Å²) < 4.78 is 0. The fraction of sp³-hybridized carbons (Fsp3) is 0.333. The number of anilines is 1. The zero-order valence-corrected chi connectivity index (χ0v) is 10.7. The Morgan fingerprint density at radius 3 is 3.06 bits per heavy atom. The first-order chi connectivity index (χ1) is 8.78. The Labute approximate surface area is 111 Å². The van der Waals surface area contributed by atoms with E-state index < -0.39 is 0 Å². The van der Waals surface area contributed by atoms with Crippen molar-refractivity contribution in [2.45, 2.75) is 24.9 Å². The maximum absolute atomic E-state index is 5.86. The van der Waals surface area contributed by atoms with E-state index in [2.05, 4.69) is 25.3 Å². The van der Waals surface area contributed by atoms with Crippen LogP contribution in [0.5, 0.6) is 0 Å². The topological polar surface area (TPSA) is 62.5 Å². The van der Waals surface area contributed by atoms with Crippen molar-refractivity contribution in [3.8, 4) is 0 Å². The molecule has 0 aliphatic carbocycles. The third-order valence-electron chi connectivity index (χ3n) is 2.22. The number of aromatic nitrogens is 2. The Kier molecular flexibility index (Phi) is 4.41. The second-order valence-electron chi connectivity index (χ2n) is 3.70. The van der Waals surface area contributed by atoms with Gasteiger partial charge in [-0.3, -0.25) is 4.99 Å². The van der Waals surface area contributed by atoms with Gasteiger partial charge in [0.25, 0.3) is 0 Å². The number of allylic oxidation sites excluding steroid dienone is 1. The minimum absolute atomic E-state index is 0.127. The van der Waals surface area contributed by atoms with Gasteiger partial charge >= 0.3 is 0 Å². The average Bonchev–Trinajstić information content (AvgIpc) is 2.40. The number of rotatable bonds is 4. The van der Waals surface area contributed by atoms with Gasteiger partial charge < -0.3 is 5.32 Å². The van der Waals surface area contributed by atoms with Gasteiger partial charge in [-0.2, -0.15) is 0 Å². The molecule has 0 spiro atoms. The van der Waals surface area contributed by atoms with Crippen LogP contribution >= 0.6 is 11.6 Å². The summed E-state index contributed by atoms with van der Waals surface area (Å²) in [5.41, 5.74) is 0. The van der Waals surface area contributed by atoms with E-state index >= 15 is 0 Å². The van der Waals surface area contributed by atoms with Crippen molar-refractivity contribution in [2.75, 3.05) is 5.32 Å². The molecule has 1 aliphatic heterocycles. The number of halogens is 1. The van der Waals surface area contributed by atoms with Gasteiger partial charge in [-0.15, -0.1) is 11.6 Å². The summed E-state index contributed by atoms with van der Waals surface area (Å²) in [4.78, 5) is 16.6. The Hall–Kier alpha value is -1.75. The first-order valence-electron chi connectivity index (χ1n) is 5.74.